The van der Waals surface area contributed by atoms with Crippen molar-refractivity contribution in [3.63, 3.8) is 0 Å². The fourth-order valence-corrected chi connectivity index (χ4v) is 3.49. The van der Waals surface area contributed by atoms with Crippen LogP contribution in [0.15, 0.2) is 41.4 Å². The summed E-state index contributed by atoms with van der Waals surface area (Å²) in [5, 5.41) is 3.23. The van der Waals surface area contributed by atoms with E-state index >= 15 is 0 Å². The van der Waals surface area contributed by atoms with Crippen molar-refractivity contribution < 1.29 is 8.42 Å². The van der Waals surface area contributed by atoms with Gasteiger partial charge in [-0.25, -0.2) is 13.4 Å². The lowest BCUT2D eigenvalue weighted by Crippen LogP contribution is -2.26. The molecule has 23 heavy (non-hydrogen) atoms. The Balaban J connectivity index is 2.22. The molecule has 0 aliphatic heterocycles. The average Bonchev–Trinajstić information content (AvgIpc) is 2.42. The van der Waals surface area contributed by atoms with Gasteiger partial charge in [-0.1, -0.05) is 12.1 Å². The summed E-state index contributed by atoms with van der Waals surface area (Å²) in [6.45, 7) is 9.75. The van der Waals surface area contributed by atoms with Gasteiger partial charge in [0.25, 0.3) is 10.0 Å². The van der Waals surface area contributed by atoms with Gasteiger partial charge in [-0.3, -0.25) is 4.72 Å². The summed E-state index contributed by atoms with van der Waals surface area (Å²) in [6.07, 6.45) is 1.51. The molecule has 124 valence electrons. The molecule has 2 N–H and O–H groups in total. The standard InChI is InChI=1S/C17H23N3O2S/c1-12-6-7-13(2)15(10-12)23(21,22)20-14-8-9-16(18-11-14)19-17(3,4)5/h6-11,20H,1-5H3,(H,18,19). The lowest BCUT2D eigenvalue weighted by atomic mass is 10.1. The highest BCUT2D eigenvalue weighted by Crippen LogP contribution is 2.21. The maximum Gasteiger partial charge on any atom is 0.262 e. The summed E-state index contributed by atoms with van der Waals surface area (Å²) in [7, 11) is -3.62. The van der Waals surface area contributed by atoms with Crippen LogP contribution in [0.4, 0.5) is 11.5 Å². The van der Waals surface area contributed by atoms with Gasteiger partial charge in [-0.15, -0.1) is 0 Å². The van der Waals surface area contributed by atoms with E-state index in [0.717, 1.165) is 5.56 Å². The van der Waals surface area contributed by atoms with E-state index in [0.29, 0.717) is 17.1 Å². The van der Waals surface area contributed by atoms with Crippen LogP contribution >= 0.6 is 0 Å². The summed E-state index contributed by atoms with van der Waals surface area (Å²) in [4.78, 5) is 4.53. The molecule has 0 saturated carbocycles. The highest BCUT2D eigenvalue weighted by atomic mass is 32.2. The molecule has 0 aliphatic rings. The zero-order valence-corrected chi connectivity index (χ0v) is 15.0. The first-order valence-corrected chi connectivity index (χ1v) is 8.89. The zero-order chi connectivity index (χ0) is 17.3. The second kappa shape index (κ2) is 6.20. The lowest BCUT2D eigenvalue weighted by Gasteiger charge is -2.21. The Bertz CT molecular complexity index is 792. The van der Waals surface area contributed by atoms with E-state index in [1.165, 1.54) is 6.20 Å². The third-order valence-electron chi connectivity index (χ3n) is 3.15. The molecule has 5 nitrogen and oxygen atoms in total. The van der Waals surface area contributed by atoms with Crippen molar-refractivity contribution >= 4 is 21.5 Å². The molecule has 0 spiro atoms. The van der Waals surface area contributed by atoms with Crippen molar-refractivity contribution in [3.05, 3.63) is 47.7 Å². The maximum atomic E-state index is 12.5. The predicted molar refractivity (Wildman–Crippen MR) is 94.3 cm³/mol. The first-order valence-electron chi connectivity index (χ1n) is 7.41. The molecule has 2 aromatic rings. The fourth-order valence-electron chi connectivity index (χ4n) is 2.12. The fraction of sp³-hybridized carbons (Fsp3) is 0.353. The number of hydrogen-bond acceptors (Lipinski definition) is 4. The molecule has 1 aromatic heterocycles. The Kier molecular flexibility index (Phi) is 4.66. The molecule has 1 heterocycles. The minimum Gasteiger partial charge on any atom is -0.365 e. The van der Waals surface area contributed by atoms with E-state index in [2.05, 4.69) is 15.0 Å². The minimum atomic E-state index is -3.62. The van der Waals surface area contributed by atoms with Gasteiger partial charge in [0.1, 0.15) is 5.82 Å². The molecule has 0 unspecified atom stereocenters. The monoisotopic (exact) mass is 333 g/mol. The highest BCUT2D eigenvalue weighted by Gasteiger charge is 2.17. The first kappa shape index (κ1) is 17.3. The number of aromatic nitrogens is 1. The average molecular weight is 333 g/mol. The Morgan fingerprint density at radius 2 is 1.74 bits per heavy atom. The molecule has 0 fully saturated rings. The molecule has 0 aliphatic carbocycles. The molecule has 0 saturated heterocycles. The molecular formula is C17H23N3O2S. The smallest absolute Gasteiger partial charge is 0.262 e. The first-order chi connectivity index (χ1) is 10.6. The summed E-state index contributed by atoms with van der Waals surface area (Å²) in [6, 6.07) is 8.82. The number of rotatable bonds is 4. The van der Waals surface area contributed by atoms with Crippen LogP contribution < -0.4 is 10.0 Å². The van der Waals surface area contributed by atoms with Crippen LogP contribution in [0.5, 0.6) is 0 Å². The molecule has 6 heteroatoms. The topological polar surface area (TPSA) is 71.1 Å². The van der Waals surface area contributed by atoms with E-state index in [-0.39, 0.29) is 10.4 Å². The number of benzene rings is 1. The van der Waals surface area contributed by atoms with Crippen LogP contribution in [0.2, 0.25) is 0 Å². The summed E-state index contributed by atoms with van der Waals surface area (Å²) < 4.78 is 27.6. The van der Waals surface area contributed by atoms with E-state index < -0.39 is 10.0 Å². The molecule has 0 radical (unpaired) electrons. The highest BCUT2D eigenvalue weighted by molar-refractivity contribution is 7.92. The quantitative estimate of drug-likeness (QED) is 0.895. The van der Waals surface area contributed by atoms with Crippen molar-refractivity contribution in [3.8, 4) is 0 Å². The Morgan fingerprint density at radius 3 is 2.30 bits per heavy atom. The summed E-state index contributed by atoms with van der Waals surface area (Å²) in [5.41, 5.74) is 1.94. The van der Waals surface area contributed by atoms with Gasteiger partial charge >= 0.3 is 0 Å². The van der Waals surface area contributed by atoms with Crippen LogP contribution in [0, 0.1) is 13.8 Å². The number of hydrogen-bond donors (Lipinski definition) is 2. The van der Waals surface area contributed by atoms with Crippen LogP contribution in [0.25, 0.3) is 0 Å². The van der Waals surface area contributed by atoms with E-state index in [1.807, 2.05) is 33.8 Å². The van der Waals surface area contributed by atoms with Crippen molar-refractivity contribution in [1.29, 1.82) is 0 Å². The van der Waals surface area contributed by atoms with Crippen molar-refractivity contribution in [2.45, 2.75) is 45.1 Å². The number of aryl methyl sites for hydroxylation is 2. The second-order valence-electron chi connectivity index (χ2n) is 6.68. The molecular weight excluding hydrogens is 310 g/mol. The normalized spacial score (nSPS) is 12.0. The lowest BCUT2D eigenvalue weighted by molar-refractivity contribution is 0.600. The third kappa shape index (κ3) is 4.69. The van der Waals surface area contributed by atoms with Crippen LogP contribution in [0.3, 0.4) is 0 Å². The van der Waals surface area contributed by atoms with Gasteiger partial charge in [0.2, 0.25) is 0 Å². The Hall–Kier alpha value is -2.08. The van der Waals surface area contributed by atoms with Crippen LogP contribution in [-0.4, -0.2) is 18.9 Å². The largest absolute Gasteiger partial charge is 0.365 e. The van der Waals surface area contributed by atoms with Crippen LogP contribution in [0.1, 0.15) is 31.9 Å². The Morgan fingerprint density at radius 1 is 1.04 bits per heavy atom. The van der Waals surface area contributed by atoms with E-state index in [4.69, 9.17) is 0 Å². The zero-order valence-electron chi connectivity index (χ0n) is 14.1. The number of nitrogens with zero attached hydrogens (tertiary/aromatic N) is 1. The van der Waals surface area contributed by atoms with Gasteiger partial charge in [-0.05, 0) is 63.9 Å². The van der Waals surface area contributed by atoms with Gasteiger partial charge in [0.15, 0.2) is 0 Å². The second-order valence-corrected chi connectivity index (χ2v) is 8.33. The molecule has 1 aromatic carbocycles. The van der Waals surface area contributed by atoms with Crippen LogP contribution in [-0.2, 0) is 10.0 Å². The van der Waals surface area contributed by atoms with E-state index in [1.54, 1.807) is 31.2 Å². The van der Waals surface area contributed by atoms with Gasteiger partial charge < -0.3 is 5.32 Å². The van der Waals surface area contributed by atoms with Gasteiger partial charge in [0.05, 0.1) is 16.8 Å². The van der Waals surface area contributed by atoms with Crippen molar-refractivity contribution in [2.75, 3.05) is 10.0 Å². The molecule has 0 atom stereocenters. The number of pyridine rings is 1. The Labute approximate surface area is 138 Å². The van der Waals surface area contributed by atoms with Gasteiger partial charge in [0, 0.05) is 5.54 Å². The molecule has 0 amide bonds. The number of sulfonamides is 1. The van der Waals surface area contributed by atoms with Gasteiger partial charge in [-0.2, -0.15) is 0 Å². The third-order valence-corrected chi connectivity index (χ3v) is 4.68. The summed E-state index contributed by atoms with van der Waals surface area (Å²) >= 11 is 0. The summed E-state index contributed by atoms with van der Waals surface area (Å²) in [5.74, 6) is 0.701. The molecule has 2 rings (SSSR count). The maximum absolute atomic E-state index is 12.5. The van der Waals surface area contributed by atoms with E-state index in [9.17, 15) is 8.42 Å². The number of nitrogens with one attached hydrogen (secondary N) is 2. The minimum absolute atomic E-state index is 0.104. The number of anilines is 2. The predicted octanol–water partition coefficient (Wildman–Crippen LogP) is 3.71. The SMILES string of the molecule is Cc1ccc(C)c(S(=O)(=O)Nc2ccc(NC(C)(C)C)nc2)c1. The van der Waals surface area contributed by atoms with Crippen molar-refractivity contribution in [1.82, 2.24) is 4.98 Å². The molecule has 0 bridgehead atoms. The van der Waals surface area contributed by atoms with Crippen molar-refractivity contribution in [2.24, 2.45) is 0 Å².